The second-order valence-electron chi connectivity index (χ2n) is 5.76. The average molecular weight is 361 g/mol. The monoisotopic (exact) mass is 361 g/mol. The molecule has 6 heteroatoms. The van der Waals surface area contributed by atoms with Crippen LogP contribution in [0.3, 0.4) is 0 Å². The molecule has 0 aliphatic heterocycles. The first kappa shape index (κ1) is 18.1. The number of carbonyl (C=O) groups excluding carboxylic acids is 2. The van der Waals surface area contributed by atoms with Crippen LogP contribution in [0, 0.1) is 0 Å². The summed E-state index contributed by atoms with van der Waals surface area (Å²) in [6, 6.07) is 20.3. The molecule has 136 valence electrons. The summed E-state index contributed by atoms with van der Waals surface area (Å²) < 4.78 is 5.01. The van der Waals surface area contributed by atoms with Gasteiger partial charge in [0.2, 0.25) is 5.88 Å². The standard InChI is InChI=1S/C21H19N3O3/c1-27-18-13-12-17(14-22-18)23-21(26)19(15-8-4-2-5-9-15)24-20(25)16-10-6-3-7-11-16/h2-14,19H,1H3,(H,23,26)(H,24,25). The quantitative estimate of drug-likeness (QED) is 0.707. The molecule has 2 aromatic carbocycles. The van der Waals surface area contributed by atoms with Crippen LogP contribution in [0.2, 0.25) is 0 Å². The number of benzene rings is 2. The lowest BCUT2D eigenvalue weighted by Gasteiger charge is -2.19. The summed E-state index contributed by atoms with van der Waals surface area (Å²) in [6.45, 7) is 0. The predicted molar refractivity (Wildman–Crippen MR) is 103 cm³/mol. The molecule has 6 nitrogen and oxygen atoms in total. The number of ether oxygens (including phenoxy) is 1. The van der Waals surface area contributed by atoms with Crippen LogP contribution < -0.4 is 15.4 Å². The van der Waals surface area contributed by atoms with E-state index < -0.39 is 6.04 Å². The minimum atomic E-state index is -0.846. The van der Waals surface area contributed by atoms with E-state index in [4.69, 9.17) is 4.74 Å². The highest BCUT2D eigenvalue weighted by molar-refractivity contribution is 6.01. The van der Waals surface area contributed by atoms with Crippen LogP contribution in [0.25, 0.3) is 0 Å². The maximum Gasteiger partial charge on any atom is 0.252 e. The summed E-state index contributed by atoms with van der Waals surface area (Å²) >= 11 is 0. The van der Waals surface area contributed by atoms with Crippen molar-refractivity contribution in [3.8, 4) is 5.88 Å². The molecule has 1 aromatic heterocycles. The Morgan fingerprint density at radius 3 is 2.19 bits per heavy atom. The molecule has 3 aromatic rings. The molecule has 27 heavy (non-hydrogen) atoms. The number of hydrogen-bond acceptors (Lipinski definition) is 4. The van der Waals surface area contributed by atoms with E-state index in [1.807, 2.05) is 24.3 Å². The number of anilines is 1. The Morgan fingerprint density at radius 2 is 1.59 bits per heavy atom. The third-order valence-corrected chi connectivity index (χ3v) is 3.92. The number of carbonyl (C=O) groups is 2. The van der Waals surface area contributed by atoms with Crippen LogP contribution >= 0.6 is 0 Å². The van der Waals surface area contributed by atoms with Crippen molar-refractivity contribution in [3.63, 3.8) is 0 Å². The van der Waals surface area contributed by atoms with Gasteiger partial charge in [-0.3, -0.25) is 9.59 Å². The van der Waals surface area contributed by atoms with Crippen molar-refractivity contribution in [1.82, 2.24) is 10.3 Å². The molecule has 1 unspecified atom stereocenters. The van der Waals surface area contributed by atoms with Gasteiger partial charge in [0.1, 0.15) is 6.04 Å². The highest BCUT2D eigenvalue weighted by atomic mass is 16.5. The fraction of sp³-hybridized carbons (Fsp3) is 0.0952. The SMILES string of the molecule is COc1ccc(NC(=O)C(NC(=O)c2ccccc2)c2ccccc2)cn1. The normalized spacial score (nSPS) is 11.3. The van der Waals surface area contributed by atoms with Gasteiger partial charge < -0.3 is 15.4 Å². The minimum absolute atomic E-state index is 0.326. The van der Waals surface area contributed by atoms with Crippen molar-refractivity contribution in [1.29, 1.82) is 0 Å². The van der Waals surface area contributed by atoms with Crippen molar-refractivity contribution in [2.45, 2.75) is 6.04 Å². The zero-order valence-corrected chi connectivity index (χ0v) is 14.8. The Morgan fingerprint density at radius 1 is 0.926 bits per heavy atom. The molecule has 0 saturated heterocycles. The molecule has 0 aliphatic rings. The second-order valence-corrected chi connectivity index (χ2v) is 5.76. The molecule has 2 amide bonds. The van der Waals surface area contributed by atoms with Gasteiger partial charge in [0.15, 0.2) is 0 Å². The van der Waals surface area contributed by atoms with Crippen molar-refractivity contribution in [2.75, 3.05) is 12.4 Å². The Hall–Kier alpha value is -3.67. The summed E-state index contributed by atoms with van der Waals surface area (Å²) in [7, 11) is 1.52. The first-order chi connectivity index (χ1) is 13.2. The van der Waals surface area contributed by atoms with E-state index in [0.717, 1.165) is 0 Å². The number of amides is 2. The molecular weight excluding hydrogens is 342 g/mol. The highest BCUT2D eigenvalue weighted by Crippen LogP contribution is 2.18. The van der Waals surface area contributed by atoms with Crippen LogP contribution in [0.15, 0.2) is 79.0 Å². The molecule has 1 heterocycles. The Balaban J connectivity index is 1.81. The number of nitrogens with zero attached hydrogens (tertiary/aromatic N) is 1. The van der Waals surface area contributed by atoms with Gasteiger partial charge in [-0.15, -0.1) is 0 Å². The second kappa shape index (κ2) is 8.62. The third-order valence-electron chi connectivity index (χ3n) is 3.92. The Bertz CT molecular complexity index is 897. The average Bonchev–Trinajstić information content (AvgIpc) is 2.73. The summed E-state index contributed by atoms with van der Waals surface area (Å²) in [6.07, 6.45) is 1.50. The van der Waals surface area contributed by atoms with E-state index in [1.165, 1.54) is 13.3 Å². The molecular formula is C21H19N3O3. The zero-order valence-electron chi connectivity index (χ0n) is 14.8. The lowest BCUT2D eigenvalue weighted by molar-refractivity contribution is -0.118. The largest absolute Gasteiger partial charge is 0.481 e. The van der Waals surface area contributed by atoms with E-state index in [-0.39, 0.29) is 11.8 Å². The van der Waals surface area contributed by atoms with Gasteiger partial charge in [-0.25, -0.2) is 4.98 Å². The smallest absolute Gasteiger partial charge is 0.252 e. The van der Waals surface area contributed by atoms with Crippen LogP contribution in [-0.2, 0) is 4.79 Å². The maximum atomic E-state index is 12.8. The first-order valence-corrected chi connectivity index (χ1v) is 8.39. The fourth-order valence-corrected chi connectivity index (χ4v) is 2.54. The molecule has 0 spiro atoms. The van der Waals surface area contributed by atoms with Gasteiger partial charge in [0, 0.05) is 11.6 Å². The van der Waals surface area contributed by atoms with Gasteiger partial charge in [0.25, 0.3) is 11.8 Å². The van der Waals surface area contributed by atoms with Gasteiger partial charge >= 0.3 is 0 Å². The van der Waals surface area contributed by atoms with E-state index in [2.05, 4.69) is 15.6 Å². The molecule has 3 rings (SSSR count). The van der Waals surface area contributed by atoms with Crippen LogP contribution in [0.4, 0.5) is 5.69 Å². The summed E-state index contributed by atoms with van der Waals surface area (Å²) in [5.74, 6) is -0.241. The highest BCUT2D eigenvalue weighted by Gasteiger charge is 2.23. The summed E-state index contributed by atoms with van der Waals surface area (Å²) in [5, 5.41) is 5.57. The third kappa shape index (κ3) is 4.70. The summed E-state index contributed by atoms with van der Waals surface area (Å²) in [5.41, 5.74) is 1.67. The number of rotatable bonds is 6. The van der Waals surface area contributed by atoms with Gasteiger partial charge in [-0.2, -0.15) is 0 Å². The van der Waals surface area contributed by atoms with Crippen LogP contribution in [0.5, 0.6) is 5.88 Å². The molecule has 0 saturated carbocycles. The number of methoxy groups -OCH3 is 1. The molecule has 0 bridgehead atoms. The Kier molecular flexibility index (Phi) is 5.79. The topological polar surface area (TPSA) is 80.3 Å². The Labute approximate surface area is 157 Å². The first-order valence-electron chi connectivity index (χ1n) is 8.39. The minimum Gasteiger partial charge on any atom is -0.481 e. The molecule has 0 radical (unpaired) electrons. The molecule has 0 fully saturated rings. The van der Waals surface area contributed by atoms with Crippen LogP contribution in [-0.4, -0.2) is 23.9 Å². The lowest BCUT2D eigenvalue weighted by atomic mass is 10.1. The number of aromatic nitrogens is 1. The van der Waals surface area contributed by atoms with Crippen molar-refractivity contribution in [3.05, 3.63) is 90.1 Å². The number of pyridine rings is 1. The van der Waals surface area contributed by atoms with E-state index in [0.29, 0.717) is 22.7 Å². The van der Waals surface area contributed by atoms with E-state index in [1.54, 1.807) is 48.5 Å². The van der Waals surface area contributed by atoms with Crippen LogP contribution in [0.1, 0.15) is 22.0 Å². The number of hydrogen-bond donors (Lipinski definition) is 2. The molecule has 1 atom stereocenters. The van der Waals surface area contributed by atoms with E-state index >= 15 is 0 Å². The summed E-state index contributed by atoms with van der Waals surface area (Å²) in [4.78, 5) is 29.5. The van der Waals surface area contributed by atoms with E-state index in [9.17, 15) is 9.59 Å². The van der Waals surface area contributed by atoms with Gasteiger partial charge in [-0.1, -0.05) is 48.5 Å². The van der Waals surface area contributed by atoms with Gasteiger partial charge in [-0.05, 0) is 23.8 Å². The predicted octanol–water partition coefficient (Wildman–Crippen LogP) is 3.20. The van der Waals surface area contributed by atoms with Crippen molar-refractivity contribution in [2.24, 2.45) is 0 Å². The molecule has 0 aliphatic carbocycles. The zero-order chi connectivity index (χ0) is 19.1. The number of nitrogens with one attached hydrogen (secondary N) is 2. The van der Waals surface area contributed by atoms with Crippen molar-refractivity contribution < 1.29 is 14.3 Å². The lowest BCUT2D eigenvalue weighted by Crippen LogP contribution is -2.37. The maximum absolute atomic E-state index is 12.8. The van der Waals surface area contributed by atoms with Gasteiger partial charge in [0.05, 0.1) is 19.0 Å². The molecule has 2 N–H and O–H groups in total. The van der Waals surface area contributed by atoms with Crippen molar-refractivity contribution >= 4 is 17.5 Å². The fourth-order valence-electron chi connectivity index (χ4n) is 2.54.